The number of halogens is 1. The summed E-state index contributed by atoms with van der Waals surface area (Å²) in [4.78, 5) is 30.2. The van der Waals surface area contributed by atoms with E-state index in [-0.39, 0.29) is 29.0 Å². The Kier molecular flexibility index (Phi) is 3.27. The summed E-state index contributed by atoms with van der Waals surface area (Å²) in [5.41, 5.74) is 9.85. The Labute approximate surface area is 167 Å². The molecular weight excluding hydrogens is 397 g/mol. The SMILES string of the molecule is Nc1c(F)cc2nc3c(c4c2c1SCC4)Cn1c-3cc2c(c1=O)COC(=O)C2O. The number of hydrogen-bond donors (Lipinski definition) is 2. The van der Waals surface area contributed by atoms with Crippen molar-refractivity contribution in [1.82, 2.24) is 9.55 Å². The van der Waals surface area contributed by atoms with E-state index in [1.54, 1.807) is 10.6 Å². The van der Waals surface area contributed by atoms with Gasteiger partial charge in [0.2, 0.25) is 0 Å². The minimum absolute atomic E-state index is 0.132. The van der Waals surface area contributed by atoms with Gasteiger partial charge in [0.25, 0.3) is 5.56 Å². The summed E-state index contributed by atoms with van der Waals surface area (Å²) in [6.45, 7) is 0.173. The van der Waals surface area contributed by atoms with Crippen LogP contribution in [0.2, 0.25) is 0 Å². The standard InChI is InChI=1S/C20H14FN3O4S/c21-11-4-12-14-7(1-2-29-18(14)15(11)22)9-5-24-13(16(9)23-12)3-8-10(19(24)26)6-28-20(27)17(8)25/h3-4,17,25H,1-2,5-6,22H2. The Balaban J connectivity index is 1.68. The lowest BCUT2D eigenvalue weighted by Crippen LogP contribution is -2.32. The number of esters is 1. The number of aliphatic hydroxyl groups is 1. The first kappa shape index (κ1) is 17.0. The summed E-state index contributed by atoms with van der Waals surface area (Å²) >= 11 is 1.51. The van der Waals surface area contributed by atoms with Gasteiger partial charge in [0.1, 0.15) is 12.4 Å². The molecule has 0 saturated carbocycles. The number of cyclic esters (lactones) is 1. The summed E-state index contributed by atoms with van der Waals surface area (Å²) in [5.74, 6) is -0.533. The van der Waals surface area contributed by atoms with Crippen molar-refractivity contribution in [3.05, 3.63) is 50.6 Å². The maximum Gasteiger partial charge on any atom is 0.340 e. The molecule has 29 heavy (non-hydrogen) atoms. The van der Waals surface area contributed by atoms with Crippen molar-refractivity contribution in [1.29, 1.82) is 0 Å². The lowest BCUT2D eigenvalue weighted by molar-refractivity contribution is -0.157. The molecule has 0 radical (unpaired) electrons. The maximum atomic E-state index is 14.4. The highest BCUT2D eigenvalue weighted by molar-refractivity contribution is 7.99. The average molecular weight is 411 g/mol. The molecule has 6 rings (SSSR count). The zero-order chi connectivity index (χ0) is 20.0. The van der Waals surface area contributed by atoms with Crippen LogP contribution in [0.3, 0.4) is 0 Å². The molecule has 3 N–H and O–H groups in total. The number of pyridine rings is 2. The molecule has 2 aromatic heterocycles. The molecule has 1 unspecified atom stereocenters. The van der Waals surface area contributed by atoms with Crippen molar-refractivity contribution in [2.45, 2.75) is 30.6 Å². The molecular formula is C20H14FN3O4S. The molecule has 0 bridgehead atoms. The van der Waals surface area contributed by atoms with Crippen LogP contribution in [0.5, 0.6) is 0 Å². The molecule has 0 amide bonds. The van der Waals surface area contributed by atoms with Crippen molar-refractivity contribution in [3.63, 3.8) is 0 Å². The van der Waals surface area contributed by atoms with Crippen LogP contribution >= 0.6 is 11.8 Å². The van der Waals surface area contributed by atoms with Gasteiger partial charge in [0.15, 0.2) is 6.10 Å². The molecule has 3 aliphatic heterocycles. The number of rotatable bonds is 0. The minimum atomic E-state index is -1.50. The van der Waals surface area contributed by atoms with E-state index in [9.17, 15) is 19.1 Å². The summed E-state index contributed by atoms with van der Waals surface area (Å²) in [7, 11) is 0. The van der Waals surface area contributed by atoms with Crippen LogP contribution in [-0.4, -0.2) is 26.4 Å². The zero-order valence-electron chi connectivity index (χ0n) is 15.0. The van der Waals surface area contributed by atoms with Gasteiger partial charge in [-0.2, -0.15) is 0 Å². The Morgan fingerprint density at radius 3 is 2.93 bits per heavy atom. The fourth-order valence-electron chi connectivity index (χ4n) is 4.51. The molecule has 5 heterocycles. The Hall–Kier alpha value is -2.91. The first-order valence-electron chi connectivity index (χ1n) is 9.13. The largest absolute Gasteiger partial charge is 0.458 e. The third kappa shape index (κ3) is 2.09. The van der Waals surface area contributed by atoms with Crippen LogP contribution in [0.4, 0.5) is 10.1 Å². The van der Waals surface area contributed by atoms with Crippen molar-refractivity contribution < 1.29 is 19.0 Å². The second-order valence-corrected chi connectivity index (χ2v) is 8.48. The van der Waals surface area contributed by atoms with Crippen LogP contribution in [0, 0.1) is 5.82 Å². The van der Waals surface area contributed by atoms with Crippen molar-refractivity contribution in [2.24, 2.45) is 0 Å². The second kappa shape index (κ2) is 5.58. The van der Waals surface area contributed by atoms with E-state index in [0.717, 1.165) is 28.7 Å². The maximum absolute atomic E-state index is 14.4. The monoisotopic (exact) mass is 411 g/mol. The van der Waals surface area contributed by atoms with Crippen LogP contribution in [0.1, 0.15) is 28.4 Å². The van der Waals surface area contributed by atoms with Gasteiger partial charge in [-0.3, -0.25) is 4.79 Å². The Morgan fingerprint density at radius 1 is 1.28 bits per heavy atom. The topological polar surface area (TPSA) is 107 Å². The molecule has 0 spiro atoms. The fraction of sp³-hybridized carbons (Fsp3) is 0.250. The summed E-state index contributed by atoms with van der Waals surface area (Å²) in [6, 6.07) is 2.96. The molecule has 0 aliphatic carbocycles. The quantitative estimate of drug-likeness (QED) is 0.336. The number of nitrogen functional groups attached to an aromatic ring is 1. The molecule has 3 aromatic rings. The number of fused-ring (bicyclic) bond motifs is 5. The third-order valence-electron chi connectivity index (χ3n) is 5.90. The van der Waals surface area contributed by atoms with Crippen molar-refractivity contribution >= 4 is 34.3 Å². The first-order chi connectivity index (χ1) is 14.0. The van der Waals surface area contributed by atoms with Gasteiger partial charge in [-0.15, -0.1) is 11.8 Å². The van der Waals surface area contributed by atoms with Gasteiger partial charge in [-0.1, -0.05) is 0 Å². The third-order valence-corrected chi connectivity index (χ3v) is 7.02. The second-order valence-electron chi connectivity index (χ2n) is 7.38. The summed E-state index contributed by atoms with van der Waals surface area (Å²) < 4.78 is 20.9. The number of anilines is 1. The van der Waals surface area contributed by atoms with Crippen LogP contribution in [-0.2, 0) is 29.1 Å². The van der Waals surface area contributed by atoms with E-state index in [1.165, 1.54) is 17.8 Å². The van der Waals surface area contributed by atoms with E-state index in [4.69, 9.17) is 10.5 Å². The number of carbonyl (C=O) groups is 1. The van der Waals surface area contributed by atoms with E-state index in [1.807, 2.05) is 0 Å². The predicted octanol–water partition coefficient (Wildman–Crippen LogP) is 1.88. The van der Waals surface area contributed by atoms with Gasteiger partial charge in [-0.25, -0.2) is 14.2 Å². The molecule has 9 heteroatoms. The minimum Gasteiger partial charge on any atom is -0.458 e. The van der Waals surface area contributed by atoms with Crippen LogP contribution in [0.25, 0.3) is 22.3 Å². The van der Waals surface area contributed by atoms with Gasteiger partial charge < -0.3 is 20.1 Å². The summed E-state index contributed by atoms with van der Waals surface area (Å²) in [5, 5.41) is 11.1. The highest BCUT2D eigenvalue weighted by Gasteiger charge is 2.35. The summed E-state index contributed by atoms with van der Waals surface area (Å²) in [6.07, 6.45) is -0.739. The van der Waals surface area contributed by atoms with Gasteiger partial charge in [0, 0.05) is 33.2 Å². The van der Waals surface area contributed by atoms with E-state index in [2.05, 4.69) is 4.98 Å². The van der Waals surface area contributed by atoms with Crippen LogP contribution < -0.4 is 11.3 Å². The van der Waals surface area contributed by atoms with Crippen molar-refractivity contribution in [2.75, 3.05) is 11.5 Å². The number of nitrogens with two attached hydrogens (primary N) is 1. The van der Waals surface area contributed by atoms with Gasteiger partial charge in [0.05, 0.1) is 34.7 Å². The first-order valence-corrected chi connectivity index (χ1v) is 10.1. The number of aliphatic hydroxyl groups excluding tert-OH is 1. The molecule has 1 aromatic carbocycles. The Bertz CT molecular complexity index is 1350. The van der Waals surface area contributed by atoms with E-state index in [0.29, 0.717) is 28.3 Å². The van der Waals surface area contributed by atoms with Gasteiger partial charge in [-0.05, 0) is 18.1 Å². The lowest BCUT2D eigenvalue weighted by Gasteiger charge is -2.21. The smallest absolute Gasteiger partial charge is 0.340 e. The zero-order valence-corrected chi connectivity index (χ0v) is 15.8. The fourth-order valence-corrected chi connectivity index (χ4v) is 5.65. The highest BCUT2D eigenvalue weighted by Crippen LogP contribution is 2.45. The number of ether oxygens (including phenoxy) is 1. The molecule has 3 aliphatic rings. The molecule has 0 saturated heterocycles. The average Bonchev–Trinajstić information content (AvgIpc) is 3.08. The van der Waals surface area contributed by atoms with E-state index >= 15 is 0 Å². The van der Waals surface area contributed by atoms with Crippen LogP contribution in [0.15, 0.2) is 21.8 Å². The number of nitrogens with zero attached hydrogens (tertiary/aromatic N) is 2. The van der Waals surface area contributed by atoms with E-state index < -0.39 is 17.9 Å². The molecule has 0 fully saturated rings. The van der Waals surface area contributed by atoms with Crippen molar-refractivity contribution in [3.8, 4) is 11.4 Å². The highest BCUT2D eigenvalue weighted by atomic mass is 32.2. The normalized spacial score (nSPS) is 19.0. The number of carbonyl (C=O) groups excluding carboxylic acids is 1. The number of hydrogen-bond acceptors (Lipinski definition) is 7. The number of aromatic nitrogens is 2. The van der Waals surface area contributed by atoms with Gasteiger partial charge >= 0.3 is 5.97 Å². The molecule has 146 valence electrons. The Morgan fingerprint density at radius 2 is 2.10 bits per heavy atom. The predicted molar refractivity (Wildman–Crippen MR) is 104 cm³/mol. The number of benzene rings is 1. The lowest BCUT2D eigenvalue weighted by atomic mass is 9.96. The molecule has 1 atom stereocenters. The molecule has 7 nitrogen and oxygen atoms in total. The number of aryl methyl sites for hydroxylation is 1. The number of thioether (sulfide) groups is 1.